The molecule has 0 spiro atoms. The van der Waals surface area contributed by atoms with Crippen LogP contribution in [0, 0.1) is 12.8 Å². The van der Waals surface area contributed by atoms with E-state index in [9.17, 15) is 22.8 Å². The maximum atomic E-state index is 12.7. The highest BCUT2D eigenvalue weighted by atomic mass is 19.4. The van der Waals surface area contributed by atoms with Gasteiger partial charge in [-0.05, 0) is 45.4 Å². The molecule has 2 N–H and O–H groups in total. The Hall–Kier alpha value is -2.68. The number of carbonyl (C=O) groups is 2. The van der Waals surface area contributed by atoms with E-state index in [0.29, 0.717) is 24.7 Å². The summed E-state index contributed by atoms with van der Waals surface area (Å²) in [5.41, 5.74) is -0.401. The maximum absolute atomic E-state index is 12.7. The quantitative estimate of drug-likeness (QED) is 0.475. The van der Waals surface area contributed by atoms with Crippen molar-refractivity contribution in [2.24, 2.45) is 5.92 Å². The van der Waals surface area contributed by atoms with Crippen LogP contribution in [0.5, 0.6) is 0 Å². The largest absolute Gasteiger partial charge is 0.417 e. The van der Waals surface area contributed by atoms with Crippen LogP contribution >= 0.6 is 0 Å². The van der Waals surface area contributed by atoms with Crippen molar-refractivity contribution in [1.82, 2.24) is 15.2 Å². The number of carbonyl (C=O) groups excluding carboxylic acids is 2. The summed E-state index contributed by atoms with van der Waals surface area (Å²) in [7, 11) is 0. The van der Waals surface area contributed by atoms with E-state index in [0.717, 1.165) is 19.2 Å². The first-order valence-corrected chi connectivity index (χ1v) is 10.6. The van der Waals surface area contributed by atoms with Gasteiger partial charge >= 0.3 is 6.18 Å². The molecule has 1 aliphatic heterocycles. The standard InChI is InChI=1S/C21H27F3N4O2.C2H6/c1-12(2)28-10-16(11-28)8-26-19(29)14(4)6-15(5)20(30)27-18-13(3)7-17(9-25-18)21(22,23)24;1-2/h6-7,9,12,16H,4,8,10-11H2,1-3,5H3,(H,26,29)(H,25,27,30);1-2H3/b15-6+;. The lowest BCUT2D eigenvalue weighted by atomic mass is 9.98. The van der Waals surface area contributed by atoms with Gasteiger partial charge in [-0.1, -0.05) is 20.4 Å². The number of anilines is 1. The van der Waals surface area contributed by atoms with Gasteiger partial charge in [0.05, 0.1) is 5.56 Å². The summed E-state index contributed by atoms with van der Waals surface area (Å²) in [6, 6.07) is 1.40. The molecule has 178 valence electrons. The van der Waals surface area contributed by atoms with Crippen LogP contribution in [0.4, 0.5) is 19.0 Å². The van der Waals surface area contributed by atoms with Crippen molar-refractivity contribution in [3.63, 3.8) is 0 Å². The minimum absolute atomic E-state index is 0.0236. The molecule has 2 amide bonds. The number of hydrogen-bond donors (Lipinski definition) is 2. The van der Waals surface area contributed by atoms with Gasteiger partial charge in [0.15, 0.2) is 0 Å². The number of halogens is 3. The molecule has 6 nitrogen and oxygen atoms in total. The third kappa shape index (κ3) is 7.78. The first-order chi connectivity index (χ1) is 14.9. The summed E-state index contributed by atoms with van der Waals surface area (Å²) in [5.74, 6) is -0.526. The highest BCUT2D eigenvalue weighted by Gasteiger charge is 2.31. The molecule has 0 bridgehead atoms. The summed E-state index contributed by atoms with van der Waals surface area (Å²) >= 11 is 0. The molecule has 0 radical (unpaired) electrons. The lowest BCUT2D eigenvalue weighted by Gasteiger charge is -2.42. The monoisotopic (exact) mass is 454 g/mol. The second-order valence-corrected chi connectivity index (χ2v) is 7.82. The third-order valence-electron chi connectivity index (χ3n) is 4.95. The van der Waals surface area contributed by atoms with E-state index in [-0.39, 0.29) is 28.4 Å². The van der Waals surface area contributed by atoms with Gasteiger partial charge in [0.2, 0.25) is 0 Å². The zero-order valence-electron chi connectivity index (χ0n) is 19.6. The molecule has 32 heavy (non-hydrogen) atoms. The molecule has 1 aromatic rings. The van der Waals surface area contributed by atoms with Crippen molar-refractivity contribution in [1.29, 1.82) is 0 Å². The van der Waals surface area contributed by atoms with Crippen LogP contribution < -0.4 is 10.6 Å². The molecule has 1 saturated heterocycles. The smallest absolute Gasteiger partial charge is 0.352 e. The summed E-state index contributed by atoms with van der Waals surface area (Å²) in [4.78, 5) is 30.5. The molecule has 2 heterocycles. The van der Waals surface area contributed by atoms with E-state index in [1.807, 2.05) is 13.8 Å². The predicted octanol–water partition coefficient (Wildman–Crippen LogP) is 4.33. The fourth-order valence-corrected chi connectivity index (χ4v) is 2.97. The van der Waals surface area contributed by atoms with Gasteiger partial charge in [0.1, 0.15) is 5.82 Å². The van der Waals surface area contributed by atoms with Crippen molar-refractivity contribution in [2.75, 3.05) is 25.0 Å². The van der Waals surface area contributed by atoms with Crippen LogP contribution in [0.25, 0.3) is 0 Å². The normalized spacial score (nSPS) is 14.9. The first-order valence-electron chi connectivity index (χ1n) is 10.6. The summed E-state index contributed by atoms with van der Waals surface area (Å²) < 4.78 is 38.1. The summed E-state index contributed by atoms with van der Waals surface area (Å²) in [5, 5.41) is 5.26. The van der Waals surface area contributed by atoms with Crippen LogP contribution in [-0.4, -0.2) is 47.4 Å². The van der Waals surface area contributed by atoms with Crippen molar-refractivity contribution in [3.05, 3.63) is 47.2 Å². The third-order valence-corrected chi connectivity index (χ3v) is 4.95. The summed E-state index contributed by atoms with van der Waals surface area (Å²) in [6.45, 7) is 17.2. The molecule has 0 atom stereocenters. The van der Waals surface area contributed by atoms with E-state index < -0.39 is 17.6 Å². The fraction of sp³-hybridized carbons (Fsp3) is 0.522. The number of pyridine rings is 1. The van der Waals surface area contributed by atoms with Gasteiger partial charge in [-0.3, -0.25) is 9.59 Å². The molecule has 2 rings (SSSR count). The Morgan fingerprint density at radius 3 is 2.38 bits per heavy atom. The Labute approximate surface area is 188 Å². The lowest BCUT2D eigenvalue weighted by Crippen LogP contribution is -2.53. The van der Waals surface area contributed by atoms with Crippen molar-refractivity contribution < 1.29 is 22.8 Å². The number of alkyl halides is 3. The Morgan fingerprint density at radius 1 is 1.28 bits per heavy atom. The maximum Gasteiger partial charge on any atom is 0.417 e. The van der Waals surface area contributed by atoms with Crippen LogP contribution in [0.2, 0.25) is 0 Å². The zero-order chi connectivity index (χ0) is 24.6. The minimum Gasteiger partial charge on any atom is -0.352 e. The Morgan fingerprint density at radius 2 is 1.88 bits per heavy atom. The first kappa shape index (κ1) is 27.4. The van der Waals surface area contributed by atoms with E-state index in [4.69, 9.17) is 0 Å². The topological polar surface area (TPSA) is 74.3 Å². The second kappa shape index (κ2) is 11.8. The Balaban J connectivity index is 0.00000249. The fourth-order valence-electron chi connectivity index (χ4n) is 2.97. The van der Waals surface area contributed by atoms with Gasteiger partial charge < -0.3 is 15.5 Å². The van der Waals surface area contributed by atoms with E-state index in [2.05, 4.69) is 40.9 Å². The number of nitrogens with zero attached hydrogens (tertiary/aromatic N) is 2. The van der Waals surface area contributed by atoms with Crippen LogP contribution in [0.3, 0.4) is 0 Å². The van der Waals surface area contributed by atoms with E-state index in [1.165, 1.54) is 19.9 Å². The number of aromatic nitrogens is 1. The van der Waals surface area contributed by atoms with Gasteiger partial charge in [-0.25, -0.2) is 4.98 Å². The molecule has 0 unspecified atom stereocenters. The number of hydrogen-bond acceptors (Lipinski definition) is 4. The zero-order valence-corrected chi connectivity index (χ0v) is 19.6. The van der Waals surface area contributed by atoms with Crippen molar-refractivity contribution >= 4 is 17.6 Å². The molecule has 0 aromatic carbocycles. The molecule has 9 heteroatoms. The average molecular weight is 455 g/mol. The molecule has 1 aromatic heterocycles. The van der Waals surface area contributed by atoms with Crippen LogP contribution in [0.1, 0.15) is 45.7 Å². The van der Waals surface area contributed by atoms with Gasteiger partial charge in [-0.15, -0.1) is 0 Å². The number of amides is 2. The number of likely N-dealkylation sites (tertiary alicyclic amines) is 1. The number of rotatable bonds is 7. The Kier molecular flexibility index (Phi) is 10.1. The van der Waals surface area contributed by atoms with Gasteiger partial charge in [0.25, 0.3) is 11.8 Å². The summed E-state index contributed by atoms with van der Waals surface area (Å²) in [6.07, 6.45) is -2.51. The van der Waals surface area contributed by atoms with Gasteiger partial charge in [-0.2, -0.15) is 13.2 Å². The molecular weight excluding hydrogens is 421 g/mol. The number of nitrogens with one attached hydrogen (secondary N) is 2. The van der Waals surface area contributed by atoms with Gasteiger partial charge in [0, 0.05) is 48.9 Å². The van der Waals surface area contributed by atoms with Crippen LogP contribution in [0.15, 0.2) is 36.1 Å². The van der Waals surface area contributed by atoms with E-state index in [1.54, 1.807) is 0 Å². The van der Waals surface area contributed by atoms with Crippen molar-refractivity contribution in [2.45, 2.75) is 53.8 Å². The second-order valence-electron chi connectivity index (χ2n) is 7.82. The lowest BCUT2D eigenvalue weighted by molar-refractivity contribution is -0.137. The van der Waals surface area contributed by atoms with Crippen molar-refractivity contribution in [3.8, 4) is 0 Å². The number of aryl methyl sites for hydroxylation is 1. The molecule has 0 saturated carbocycles. The average Bonchev–Trinajstić information content (AvgIpc) is 2.68. The molecule has 1 fully saturated rings. The highest BCUT2D eigenvalue weighted by molar-refractivity contribution is 6.05. The van der Waals surface area contributed by atoms with Crippen LogP contribution in [-0.2, 0) is 15.8 Å². The molecular formula is C23H33F3N4O2. The SMILES string of the molecule is C=C(/C=C(\C)C(=O)Nc1ncc(C(F)(F)F)cc1C)C(=O)NCC1CN(C(C)C)C1.CC. The minimum atomic E-state index is -4.51. The van der Waals surface area contributed by atoms with E-state index >= 15 is 0 Å². The molecule has 0 aliphatic carbocycles. The predicted molar refractivity (Wildman–Crippen MR) is 120 cm³/mol. The highest BCUT2D eigenvalue weighted by Crippen LogP contribution is 2.30. The molecule has 1 aliphatic rings. The Bertz CT molecular complexity index is 857.